The van der Waals surface area contributed by atoms with Crippen molar-refractivity contribution >= 4 is 29.1 Å². The van der Waals surface area contributed by atoms with Crippen LogP contribution in [0.2, 0.25) is 0 Å². The van der Waals surface area contributed by atoms with Crippen molar-refractivity contribution in [3.05, 3.63) is 27.6 Å². The van der Waals surface area contributed by atoms with Gasteiger partial charge in [0.05, 0.1) is 4.88 Å². The Bertz CT molecular complexity index is 387. The van der Waals surface area contributed by atoms with E-state index in [-0.39, 0.29) is 5.88 Å². The molecule has 0 aliphatic carbocycles. The Kier molecular flexibility index (Phi) is 3.45. The third-order valence-electron chi connectivity index (χ3n) is 1.48. The van der Waals surface area contributed by atoms with Gasteiger partial charge in [-0.1, -0.05) is 25.7 Å². The summed E-state index contributed by atoms with van der Waals surface area (Å²) in [6.45, 7) is 5.88. The smallest absolute Gasteiger partial charge is 0.208 e. The van der Waals surface area contributed by atoms with E-state index >= 15 is 0 Å². The Hall–Kier alpha value is -0.870. The van der Waals surface area contributed by atoms with Gasteiger partial charge in [-0.2, -0.15) is 0 Å². The summed E-state index contributed by atoms with van der Waals surface area (Å²) in [7, 11) is 0. The van der Waals surface area contributed by atoms with Crippen molar-refractivity contribution in [1.29, 1.82) is 0 Å². The van der Waals surface area contributed by atoms with E-state index in [1.54, 1.807) is 0 Å². The predicted molar refractivity (Wildman–Crippen MR) is 59.6 cm³/mol. The largest absolute Gasteiger partial charge is 0.494 e. The van der Waals surface area contributed by atoms with Gasteiger partial charge in [-0.05, 0) is 24.2 Å². The minimum Gasteiger partial charge on any atom is -0.494 e. The first-order chi connectivity index (χ1) is 6.15. The molecule has 2 nitrogen and oxygen atoms in total. The highest BCUT2D eigenvalue weighted by molar-refractivity contribution is 7.73. The fraction of sp³-hybridized carbons (Fsp3) is 0.222. The SMILES string of the molecule is C=C(/C=C/CC)c1sc(=S)[nH]c1O. The van der Waals surface area contributed by atoms with Crippen molar-refractivity contribution in [2.45, 2.75) is 13.3 Å². The van der Waals surface area contributed by atoms with Crippen molar-refractivity contribution in [1.82, 2.24) is 4.98 Å². The van der Waals surface area contributed by atoms with E-state index < -0.39 is 0 Å². The molecular formula is C9H11NOS2. The molecular weight excluding hydrogens is 202 g/mol. The number of H-pyrrole nitrogens is 1. The lowest BCUT2D eigenvalue weighted by Gasteiger charge is -1.94. The number of hydrogen-bond donors (Lipinski definition) is 2. The molecule has 0 amide bonds. The van der Waals surface area contributed by atoms with Gasteiger partial charge in [0.25, 0.3) is 0 Å². The molecule has 0 unspecified atom stereocenters. The van der Waals surface area contributed by atoms with Crippen molar-refractivity contribution < 1.29 is 5.11 Å². The molecule has 0 bridgehead atoms. The fourth-order valence-electron chi connectivity index (χ4n) is 0.873. The standard InChI is InChI=1S/C9H11NOS2/c1-3-4-5-6(2)7-8(11)10-9(12)13-7/h4-5,11H,2-3H2,1H3,(H,10,12)/b5-4+. The second-order valence-corrected chi connectivity index (χ2v) is 4.22. The van der Waals surface area contributed by atoms with Crippen LogP contribution in [0.4, 0.5) is 0 Å². The van der Waals surface area contributed by atoms with Gasteiger partial charge >= 0.3 is 0 Å². The van der Waals surface area contributed by atoms with Gasteiger partial charge in [-0.15, -0.1) is 11.3 Å². The van der Waals surface area contributed by atoms with E-state index in [1.807, 2.05) is 19.1 Å². The Balaban J connectivity index is 2.95. The number of aromatic nitrogens is 1. The Labute approximate surface area is 86.3 Å². The van der Waals surface area contributed by atoms with Crippen LogP contribution in [0, 0.1) is 3.95 Å². The summed E-state index contributed by atoms with van der Waals surface area (Å²) in [5, 5.41) is 9.39. The van der Waals surface area contributed by atoms with E-state index in [4.69, 9.17) is 12.2 Å². The average Bonchev–Trinajstić information content (AvgIpc) is 2.41. The summed E-state index contributed by atoms with van der Waals surface area (Å²) < 4.78 is 0.568. The lowest BCUT2D eigenvalue weighted by molar-refractivity contribution is 0.455. The van der Waals surface area contributed by atoms with E-state index in [1.165, 1.54) is 11.3 Å². The van der Waals surface area contributed by atoms with Crippen LogP contribution < -0.4 is 0 Å². The molecule has 0 aromatic carbocycles. The van der Waals surface area contributed by atoms with Gasteiger partial charge < -0.3 is 10.1 Å². The maximum Gasteiger partial charge on any atom is 0.208 e. The van der Waals surface area contributed by atoms with Crippen molar-refractivity contribution in [3.8, 4) is 5.88 Å². The predicted octanol–water partition coefficient (Wildman–Crippen LogP) is 3.49. The molecule has 13 heavy (non-hydrogen) atoms. The molecule has 1 heterocycles. The lowest BCUT2D eigenvalue weighted by atomic mass is 10.2. The molecule has 0 spiro atoms. The molecule has 0 radical (unpaired) electrons. The molecule has 1 aromatic heterocycles. The fourth-order valence-corrected chi connectivity index (χ4v) is 1.90. The molecule has 70 valence electrons. The lowest BCUT2D eigenvalue weighted by Crippen LogP contribution is -1.73. The van der Waals surface area contributed by atoms with E-state index in [9.17, 15) is 5.11 Å². The first-order valence-electron chi connectivity index (χ1n) is 3.93. The number of aromatic amines is 1. The van der Waals surface area contributed by atoms with Crippen LogP contribution in [-0.4, -0.2) is 10.1 Å². The van der Waals surface area contributed by atoms with Crippen molar-refractivity contribution in [2.24, 2.45) is 0 Å². The van der Waals surface area contributed by atoms with Gasteiger partial charge in [0.2, 0.25) is 5.88 Å². The third kappa shape index (κ3) is 2.54. The maximum absolute atomic E-state index is 9.39. The first-order valence-corrected chi connectivity index (χ1v) is 5.15. The first kappa shape index (κ1) is 10.2. The number of rotatable bonds is 3. The summed E-state index contributed by atoms with van der Waals surface area (Å²) in [6, 6.07) is 0. The summed E-state index contributed by atoms with van der Waals surface area (Å²) in [5.74, 6) is 0.112. The highest BCUT2D eigenvalue weighted by Crippen LogP contribution is 2.28. The van der Waals surface area contributed by atoms with Crippen LogP contribution in [0.25, 0.3) is 5.57 Å². The zero-order chi connectivity index (χ0) is 9.84. The second kappa shape index (κ2) is 4.39. The number of allylic oxidation sites excluding steroid dienone is 3. The summed E-state index contributed by atoms with van der Waals surface area (Å²) in [5.41, 5.74) is 0.789. The molecule has 0 saturated heterocycles. The van der Waals surface area contributed by atoms with E-state index in [0.717, 1.165) is 16.9 Å². The molecule has 2 N–H and O–H groups in total. The van der Waals surface area contributed by atoms with Gasteiger partial charge in [0.1, 0.15) is 0 Å². The van der Waals surface area contributed by atoms with Gasteiger partial charge in [-0.3, -0.25) is 0 Å². The molecule has 1 aromatic rings. The summed E-state index contributed by atoms with van der Waals surface area (Å²) in [4.78, 5) is 3.38. The topological polar surface area (TPSA) is 36.0 Å². The Morgan fingerprint density at radius 1 is 1.77 bits per heavy atom. The van der Waals surface area contributed by atoms with Gasteiger partial charge in [0.15, 0.2) is 3.95 Å². The number of nitrogens with one attached hydrogen (secondary N) is 1. The molecule has 0 fully saturated rings. The number of thiazole rings is 1. The highest BCUT2D eigenvalue weighted by Gasteiger charge is 2.05. The number of hydrogen-bond acceptors (Lipinski definition) is 3. The Morgan fingerprint density at radius 3 is 2.92 bits per heavy atom. The molecule has 0 aliphatic rings. The van der Waals surface area contributed by atoms with Crippen LogP contribution in [-0.2, 0) is 0 Å². The molecule has 0 aliphatic heterocycles. The minimum absolute atomic E-state index is 0.112. The zero-order valence-corrected chi connectivity index (χ0v) is 8.97. The van der Waals surface area contributed by atoms with Crippen LogP contribution in [0.1, 0.15) is 18.2 Å². The van der Waals surface area contributed by atoms with Gasteiger partial charge in [0, 0.05) is 0 Å². The average molecular weight is 213 g/mol. The summed E-state index contributed by atoms with van der Waals surface area (Å²) in [6.07, 6.45) is 4.83. The third-order valence-corrected chi connectivity index (χ3v) is 2.78. The maximum atomic E-state index is 9.39. The highest BCUT2D eigenvalue weighted by atomic mass is 32.1. The van der Waals surface area contributed by atoms with Gasteiger partial charge in [-0.25, -0.2) is 0 Å². The van der Waals surface area contributed by atoms with Crippen LogP contribution in [0.3, 0.4) is 0 Å². The molecule has 4 heteroatoms. The van der Waals surface area contributed by atoms with Crippen molar-refractivity contribution in [3.63, 3.8) is 0 Å². The monoisotopic (exact) mass is 213 g/mol. The Morgan fingerprint density at radius 2 is 2.46 bits per heavy atom. The quantitative estimate of drug-likeness (QED) is 0.595. The second-order valence-electron chi connectivity index (χ2n) is 2.53. The van der Waals surface area contributed by atoms with E-state index in [2.05, 4.69) is 11.6 Å². The molecule has 0 atom stereocenters. The molecule has 0 saturated carbocycles. The number of aromatic hydroxyl groups is 1. The summed E-state index contributed by atoms with van der Waals surface area (Å²) >= 11 is 6.22. The van der Waals surface area contributed by atoms with E-state index in [0.29, 0.717) is 3.95 Å². The van der Waals surface area contributed by atoms with Crippen LogP contribution >= 0.6 is 23.6 Å². The van der Waals surface area contributed by atoms with Crippen LogP contribution in [0.15, 0.2) is 18.7 Å². The van der Waals surface area contributed by atoms with Crippen LogP contribution in [0.5, 0.6) is 5.88 Å². The van der Waals surface area contributed by atoms with Crippen molar-refractivity contribution in [2.75, 3.05) is 0 Å². The zero-order valence-electron chi connectivity index (χ0n) is 7.33. The normalized spacial score (nSPS) is 10.8. The minimum atomic E-state index is 0.112. The molecule has 1 rings (SSSR count).